The van der Waals surface area contributed by atoms with Gasteiger partial charge in [0, 0.05) is 11.1 Å². The molecule has 0 aliphatic heterocycles. The van der Waals surface area contributed by atoms with Crippen molar-refractivity contribution in [3.05, 3.63) is 52.5 Å². The Kier molecular flexibility index (Phi) is 6.34. The van der Waals surface area contributed by atoms with Gasteiger partial charge in [0.1, 0.15) is 23.9 Å². The number of hydrogen-bond acceptors (Lipinski definition) is 4. The SMILES string of the molecule is CONC(C)COc1ccc(Oc2ccc(Cl)cc2)cc1Cl. The van der Waals surface area contributed by atoms with E-state index in [1.54, 1.807) is 49.6 Å². The highest BCUT2D eigenvalue weighted by molar-refractivity contribution is 6.32. The number of benzene rings is 2. The van der Waals surface area contributed by atoms with Crippen LogP contribution in [0.15, 0.2) is 42.5 Å². The van der Waals surface area contributed by atoms with Crippen molar-refractivity contribution in [2.24, 2.45) is 0 Å². The van der Waals surface area contributed by atoms with Crippen LogP contribution in [0.2, 0.25) is 10.0 Å². The lowest BCUT2D eigenvalue weighted by Gasteiger charge is -2.14. The highest BCUT2D eigenvalue weighted by atomic mass is 35.5. The van der Waals surface area contributed by atoms with Gasteiger partial charge >= 0.3 is 0 Å². The molecule has 22 heavy (non-hydrogen) atoms. The molecule has 1 unspecified atom stereocenters. The zero-order valence-electron chi connectivity index (χ0n) is 12.3. The third-order valence-electron chi connectivity index (χ3n) is 2.76. The van der Waals surface area contributed by atoms with Crippen LogP contribution in [-0.2, 0) is 4.84 Å². The summed E-state index contributed by atoms with van der Waals surface area (Å²) >= 11 is 12.0. The maximum absolute atomic E-state index is 6.20. The van der Waals surface area contributed by atoms with Gasteiger partial charge in [0.05, 0.1) is 18.2 Å². The summed E-state index contributed by atoms with van der Waals surface area (Å²) < 4.78 is 11.3. The molecule has 2 rings (SSSR count). The molecule has 4 nitrogen and oxygen atoms in total. The molecular formula is C16H17Cl2NO3. The Morgan fingerprint density at radius 1 is 1.05 bits per heavy atom. The van der Waals surface area contributed by atoms with Crippen molar-refractivity contribution in [2.75, 3.05) is 13.7 Å². The van der Waals surface area contributed by atoms with Gasteiger partial charge in [-0.25, -0.2) is 0 Å². The molecule has 0 amide bonds. The first-order valence-corrected chi connectivity index (χ1v) is 7.48. The lowest BCUT2D eigenvalue weighted by molar-refractivity contribution is 0.0502. The molecule has 0 aliphatic rings. The summed E-state index contributed by atoms with van der Waals surface area (Å²) in [5, 5.41) is 1.14. The molecule has 0 saturated heterocycles. The number of rotatable bonds is 7. The van der Waals surface area contributed by atoms with Crippen LogP contribution < -0.4 is 15.0 Å². The van der Waals surface area contributed by atoms with Crippen LogP contribution in [0, 0.1) is 0 Å². The summed E-state index contributed by atoms with van der Waals surface area (Å²) in [6.07, 6.45) is 0. The fourth-order valence-electron chi connectivity index (χ4n) is 1.75. The van der Waals surface area contributed by atoms with Crippen molar-refractivity contribution < 1.29 is 14.3 Å². The van der Waals surface area contributed by atoms with E-state index in [9.17, 15) is 0 Å². The van der Waals surface area contributed by atoms with Crippen molar-refractivity contribution in [3.63, 3.8) is 0 Å². The van der Waals surface area contributed by atoms with Gasteiger partial charge in [-0.2, -0.15) is 5.48 Å². The average molecular weight is 342 g/mol. The molecule has 118 valence electrons. The van der Waals surface area contributed by atoms with Gasteiger partial charge in [0.15, 0.2) is 0 Å². The normalized spacial score (nSPS) is 12.0. The Bertz CT molecular complexity index is 605. The Labute approximate surface area is 139 Å². The molecule has 0 spiro atoms. The van der Waals surface area contributed by atoms with Crippen LogP contribution >= 0.6 is 23.2 Å². The first-order valence-electron chi connectivity index (χ1n) is 6.73. The summed E-state index contributed by atoms with van der Waals surface area (Å²) in [5.41, 5.74) is 2.78. The maximum atomic E-state index is 6.20. The molecule has 0 aromatic heterocycles. The van der Waals surface area contributed by atoms with E-state index in [-0.39, 0.29) is 6.04 Å². The van der Waals surface area contributed by atoms with Crippen LogP contribution in [0.3, 0.4) is 0 Å². The lowest BCUT2D eigenvalue weighted by Crippen LogP contribution is -2.30. The fraction of sp³-hybridized carbons (Fsp3) is 0.250. The van der Waals surface area contributed by atoms with Crippen LogP contribution in [0.5, 0.6) is 17.2 Å². The summed E-state index contributed by atoms with van der Waals surface area (Å²) in [4.78, 5) is 4.82. The van der Waals surface area contributed by atoms with Crippen molar-refractivity contribution in [2.45, 2.75) is 13.0 Å². The van der Waals surface area contributed by atoms with Crippen molar-refractivity contribution in [1.82, 2.24) is 5.48 Å². The molecule has 1 N–H and O–H groups in total. The van der Waals surface area contributed by atoms with Gasteiger partial charge in [-0.05, 0) is 43.3 Å². The molecule has 0 fully saturated rings. The van der Waals surface area contributed by atoms with E-state index in [1.165, 1.54) is 0 Å². The number of ether oxygens (including phenoxy) is 2. The van der Waals surface area contributed by atoms with Crippen LogP contribution in [0.4, 0.5) is 0 Å². The van der Waals surface area contributed by atoms with Gasteiger partial charge in [0.25, 0.3) is 0 Å². The second kappa shape index (κ2) is 8.25. The van der Waals surface area contributed by atoms with E-state index in [0.717, 1.165) is 0 Å². The van der Waals surface area contributed by atoms with E-state index < -0.39 is 0 Å². The second-order valence-electron chi connectivity index (χ2n) is 4.68. The molecule has 0 radical (unpaired) electrons. The minimum absolute atomic E-state index is 0.0473. The summed E-state index contributed by atoms with van der Waals surface area (Å²) in [5.74, 6) is 1.91. The predicted octanol–water partition coefficient (Wildman–Crippen LogP) is 4.70. The monoisotopic (exact) mass is 341 g/mol. The molecule has 0 bridgehead atoms. The van der Waals surface area contributed by atoms with Gasteiger partial charge in [0.2, 0.25) is 0 Å². The first kappa shape index (κ1) is 16.9. The smallest absolute Gasteiger partial charge is 0.138 e. The molecule has 0 aliphatic carbocycles. The quantitative estimate of drug-likeness (QED) is 0.740. The highest BCUT2D eigenvalue weighted by Gasteiger charge is 2.07. The Morgan fingerprint density at radius 3 is 2.36 bits per heavy atom. The van der Waals surface area contributed by atoms with E-state index in [0.29, 0.717) is 33.9 Å². The fourth-order valence-corrected chi connectivity index (χ4v) is 2.10. The molecule has 0 saturated carbocycles. The summed E-state index contributed by atoms with van der Waals surface area (Å²) in [6.45, 7) is 2.38. The standard InChI is InChI=1S/C16H17Cl2NO3/c1-11(19-20-2)10-21-16-8-7-14(9-15(16)18)22-13-5-3-12(17)4-6-13/h3-9,11,19H,10H2,1-2H3. The lowest BCUT2D eigenvalue weighted by atomic mass is 10.3. The Morgan fingerprint density at radius 2 is 1.73 bits per heavy atom. The van der Waals surface area contributed by atoms with Crippen LogP contribution in [-0.4, -0.2) is 19.8 Å². The minimum atomic E-state index is 0.0473. The van der Waals surface area contributed by atoms with E-state index >= 15 is 0 Å². The summed E-state index contributed by atoms with van der Waals surface area (Å²) in [7, 11) is 1.56. The molecule has 2 aromatic carbocycles. The zero-order chi connectivity index (χ0) is 15.9. The number of hydroxylamine groups is 1. The van der Waals surface area contributed by atoms with Crippen LogP contribution in [0.1, 0.15) is 6.92 Å². The average Bonchev–Trinajstić information content (AvgIpc) is 2.49. The van der Waals surface area contributed by atoms with Gasteiger partial charge in [-0.3, -0.25) is 0 Å². The Hall–Kier alpha value is -1.46. The first-order chi connectivity index (χ1) is 10.6. The van der Waals surface area contributed by atoms with Gasteiger partial charge in [-0.15, -0.1) is 0 Å². The van der Waals surface area contributed by atoms with Crippen molar-refractivity contribution in [3.8, 4) is 17.2 Å². The zero-order valence-corrected chi connectivity index (χ0v) is 13.8. The number of nitrogens with one attached hydrogen (secondary N) is 1. The minimum Gasteiger partial charge on any atom is -0.490 e. The predicted molar refractivity (Wildman–Crippen MR) is 88.1 cm³/mol. The van der Waals surface area contributed by atoms with Gasteiger partial charge in [-0.1, -0.05) is 23.2 Å². The van der Waals surface area contributed by atoms with E-state index in [1.807, 2.05) is 6.92 Å². The van der Waals surface area contributed by atoms with Crippen molar-refractivity contribution in [1.29, 1.82) is 0 Å². The topological polar surface area (TPSA) is 39.7 Å². The number of halogens is 2. The molecule has 6 heteroatoms. The van der Waals surface area contributed by atoms with Crippen LogP contribution in [0.25, 0.3) is 0 Å². The summed E-state index contributed by atoms with van der Waals surface area (Å²) in [6, 6.07) is 12.4. The van der Waals surface area contributed by atoms with E-state index in [4.69, 9.17) is 37.5 Å². The van der Waals surface area contributed by atoms with E-state index in [2.05, 4.69) is 5.48 Å². The molecular weight excluding hydrogens is 325 g/mol. The van der Waals surface area contributed by atoms with Crippen molar-refractivity contribution >= 4 is 23.2 Å². The largest absolute Gasteiger partial charge is 0.490 e. The third kappa shape index (κ3) is 5.07. The molecule has 0 heterocycles. The highest BCUT2D eigenvalue weighted by Crippen LogP contribution is 2.31. The second-order valence-corrected chi connectivity index (χ2v) is 5.53. The third-order valence-corrected chi connectivity index (χ3v) is 3.31. The molecule has 1 atom stereocenters. The maximum Gasteiger partial charge on any atom is 0.138 e. The Balaban J connectivity index is 1.98. The van der Waals surface area contributed by atoms with Gasteiger partial charge < -0.3 is 14.3 Å². The molecule has 2 aromatic rings. The number of hydrogen-bond donors (Lipinski definition) is 1.